The van der Waals surface area contributed by atoms with Gasteiger partial charge in [-0.3, -0.25) is 4.79 Å². The monoisotopic (exact) mass is 363 g/mol. The Balaban J connectivity index is 1.84. The van der Waals surface area contributed by atoms with Crippen LogP contribution in [0.2, 0.25) is 0 Å². The number of aryl methyl sites for hydroxylation is 1. The molecule has 27 heavy (non-hydrogen) atoms. The van der Waals surface area contributed by atoms with E-state index < -0.39 is 0 Å². The SMILES string of the molecule is CCOC(=O)c1cc2n(c1)CCCC1=CC(=O)CCC12Cc1ccccc1. The number of allylic oxidation sites excluding steroid dienone is 2. The number of hydrogen-bond acceptors (Lipinski definition) is 3. The van der Waals surface area contributed by atoms with Crippen molar-refractivity contribution in [3.8, 4) is 0 Å². The molecule has 0 fully saturated rings. The Hall–Kier alpha value is -2.62. The Morgan fingerprint density at radius 2 is 2.04 bits per heavy atom. The van der Waals surface area contributed by atoms with Gasteiger partial charge in [0.2, 0.25) is 0 Å². The van der Waals surface area contributed by atoms with Crippen LogP contribution in [0.15, 0.2) is 54.2 Å². The first-order valence-corrected chi connectivity index (χ1v) is 9.78. The van der Waals surface area contributed by atoms with Gasteiger partial charge in [-0.15, -0.1) is 0 Å². The van der Waals surface area contributed by atoms with Crippen molar-refractivity contribution in [3.05, 3.63) is 71.1 Å². The maximum Gasteiger partial charge on any atom is 0.339 e. The first-order chi connectivity index (χ1) is 13.1. The highest BCUT2D eigenvalue weighted by Gasteiger charge is 2.43. The van der Waals surface area contributed by atoms with Crippen LogP contribution >= 0.6 is 0 Å². The molecule has 0 radical (unpaired) electrons. The molecule has 2 aromatic rings. The van der Waals surface area contributed by atoms with E-state index >= 15 is 0 Å². The number of benzene rings is 1. The summed E-state index contributed by atoms with van der Waals surface area (Å²) in [5.41, 5.74) is 4.00. The molecule has 140 valence electrons. The second-order valence-corrected chi connectivity index (χ2v) is 7.51. The van der Waals surface area contributed by atoms with Crippen molar-refractivity contribution in [3.63, 3.8) is 0 Å². The molecule has 4 nitrogen and oxygen atoms in total. The molecular formula is C23H25NO3. The van der Waals surface area contributed by atoms with Gasteiger partial charge < -0.3 is 9.30 Å². The fourth-order valence-electron chi connectivity index (χ4n) is 4.61. The van der Waals surface area contributed by atoms with Crippen LogP contribution in [0.3, 0.4) is 0 Å². The van der Waals surface area contributed by atoms with E-state index in [1.165, 1.54) is 11.1 Å². The minimum absolute atomic E-state index is 0.222. The van der Waals surface area contributed by atoms with Crippen LogP contribution < -0.4 is 0 Å². The Morgan fingerprint density at radius 1 is 1.22 bits per heavy atom. The number of carbonyl (C=O) groups excluding carboxylic acids is 2. The van der Waals surface area contributed by atoms with Crippen molar-refractivity contribution in [1.29, 1.82) is 0 Å². The zero-order valence-corrected chi connectivity index (χ0v) is 15.7. The van der Waals surface area contributed by atoms with E-state index in [4.69, 9.17) is 4.74 Å². The molecule has 0 bridgehead atoms. The third-order valence-electron chi connectivity index (χ3n) is 5.84. The van der Waals surface area contributed by atoms with Gasteiger partial charge in [0.15, 0.2) is 5.78 Å². The Morgan fingerprint density at radius 3 is 2.81 bits per heavy atom. The lowest BCUT2D eigenvalue weighted by molar-refractivity contribution is -0.115. The van der Waals surface area contributed by atoms with E-state index in [0.29, 0.717) is 18.6 Å². The van der Waals surface area contributed by atoms with Crippen molar-refractivity contribution < 1.29 is 14.3 Å². The summed E-state index contributed by atoms with van der Waals surface area (Å²) in [6, 6.07) is 12.4. The highest BCUT2D eigenvalue weighted by molar-refractivity contribution is 5.92. The van der Waals surface area contributed by atoms with E-state index in [9.17, 15) is 9.59 Å². The molecule has 1 aliphatic heterocycles. The molecule has 2 heterocycles. The first kappa shape index (κ1) is 17.8. The average molecular weight is 363 g/mol. The molecule has 1 aliphatic carbocycles. The van der Waals surface area contributed by atoms with Crippen LogP contribution in [-0.2, 0) is 27.9 Å². The molecule has 0 saturated heterocycles. The standard InChI is InChI=1S/C23H25NO3/c1-2-27-22(26)18-13-21-23(15-17-7-4-3-5-8-17)11-10-20(25)14-19(23)9-6-12-24(21)16-18/h3-5,7-8,13-14,16H,2,6,9-12,15H2,1H3. The van der Waals surface area contributed by atoms with Gasteiger partial charge in [-0.05, 0) is 50.3 Å². The predicted molar refractivity (Wildman–Crippen MR) is 104 cm³/mol. The molecule has 4 rings (SSSR count). The predicted octanol–water partition coefficient (Wildman–Crippen LogP) is 4.23. The van der Waals surface area contributed by atoms with E-state index in [-0.39, 0.29) is 17.2 Å². The summed E-state index contributed by atoms with van der Waals surface area (Å²) in [5, 5.41) is 0. The van der Waals surface area contributed by atoms with Crippen molar-refractivity contribution in [2.24, 2.45) is 0 Å². The van der Waals surface area contributed by atoms with Gasteiger partial charge in [0.05, 0.1) is 12.2 Å². The van der Waals surface area contributed by atoms with Gasteiger partial charge in [-0.1, -0.05) is 35.9 Å². The molecule has 1 unspecified atom stereocenters. The van der Waals surface area contributed by atoms with Gasteiger partial charge in [0.25, 0.3) is 0 Å². The number of carbonyl (C=O) groups is 2. The maximum atomic E-state index is 12.3. The Bertz CT molecular complexity index is 894. The quantitative estimate of drug-likeness (QED) is 0.764. The van der Waals surface area contributed by atoms with Gasteiger partial charge in [-0.2, -0.15) is 0 Å². The smallest absolute Gasteiger partial charge is 0.339 e. The summed E-state index contributed by atoms with van der Waals surface area (Å²) >= 11 is 0. The molecule has 1 aromatic heterocycles. The van der Waals surface area contributed by atoms with Crippen molar-refractivity contribution in [2.45, 2.75) is 51.0 Å². The maximum absolute atomic E-state index is 12.3. The molecule has 0 N–H and O–H groups in total. The number of esters is 1. The summed E-state index contributed by atoms with van der Waals surface area (Å²) in [5.74, 6) is -0.0512. The lowest BCUT2D eigenvalue weighted by atomic mass is 9.65. The molecule has 0 amide bonds. The zero-order valence-electron chi connectivity index (χ0n) is 15.7. The van der Waals surface area contributed by atoms with Crippen LogP contribution in [0.1, 0.15) is 54.2 Å². The van der Waals surface area contributed by atoms with Crippen LogP contribution in [-0.4, -0.2) is 22.9 Å². The molecule has 0 saturated carbocycles. The molecule has 2 aliphatic rings. The van der Waals surface area contributed by atoms with Gasteiger partial charge in [0.1, 0.15) is 0 Å². The third kappa shape index (κ3) is 3.25. The second kappa shape index (κ2) is 7.18. The first-order valence-electron chi connectivity index (χ1n) is 9.78. The summed E-state index contributed by atoms with van der Waals surface area (Å²) < 4.78 is 7.43. The van der Waals surface area contributed by atoms with Crippen molar-refractivity contribution >= 4 is 11.8 Å². The minimum atomic E-state index is -0.273. The molecule has 0 spiro atoms. The van der Waals surface area contributed by atoms with E-state index in [2.05, 4.69) is 28.8 Å². The van der Waals surface area contributed by atoms with E-state index in [1.54, 1.807) is 0 Å². The number of nitrogens with zero attached hydrogens (tertiary/aromatic N) is 1. The number of aromatic nitrogens is 1. The van der Waals surface area contributed by atoms with Gasteiger partial charge in [0, 0.05) is 30.3 Å². The molecule has 4 heteroatoms. The molecular weight excluding hydrogens is 338 g/mol. The number of hydrogen-bond donors (Lipinski definition) is 0. The van der Waals surface area contributed by atoms with Gasteiger partial charge >= 0.3 is 5.97 Å². The molecule has 1 aromatic carbocycles. The molecule has 1 atom stereocenters. The van der Waals surface area contributed by atoms with E-state index in [1.807, 2.05) is 31.3 Å². The minimum Gasteiger partial charge on any atom is -0.462 e. The largest absolute Gasteiger partial charge is 0.462 e. The van der Waals surface area contributed by atoms with Crippen LogP contribution in [0.25, 0.3) is 0 Å². The zero-order chi connectivity index (χ0) is 18.9. The van der Waals surface area contributed by atoms with Crippen molar-refractivity contribution in [2.75, 3.05) is 6.61 Å². The Labute approximate surface area is 159 Å². The highest BCUT2D eigenvalue weighted by Crippen LogP contribution is 2.46. The van der Waals surface area contributed by atoms with Crippen molar-refractivity contribution in [1.82, 2.24) is 4.57 Å². The number of rotatable bonds is 4. The summed E-state index contributed by atoms with van der Waals surface area (Å²) in [6.07, 6.45) is 7.89. The third-order valence-corrected chi connectivity index (χ3v) is 5.84. The lowest BCUT2D eigenvalue weighted by Crippen LogP contribution is -2.36. The summed E-state index contributed by atoms with van der Waals surface area (Å²) in [4.78, 5) is 24.5. The van der Waals surface area contributed by atoms with E-state index in [0.717, 1.165) is 37.9 Å². The number of ether oxygens (including phenoxy) is 1. The number of ketones is 1. The van der Waals surface area contributed by atoms with Crippen LogP contribution in [0.4, 0.5) is 0 Å². The highest BCUT2D eigenvalue weighted by atomic mass is 16.5. The topological polar surface area (TPSA) is 48.3 Å². The normalized spacial score (nSPS) is 21.7. The average Bonchev–Trinajstić information content (AvgIpc) is 3.04. The fraction of sp³-hybridized carbons (Fsp3) is 0.391. The van der Waals surface area contributed by atoms with Crippen LogP contribution in [0.5, 0.6) is 0 Å². The van der Waals surface area contributed by atoms with Gasteiger partial charge in [-0.25, -0.2) is 4.79 Å². The number of fused-ring (bicyclic) bond motifs is 3. The van der Waals surface area contributed by atoms with Crippen LogP contribution in [0, 0.1) is 0 Å². The summed E-state index contributed by atoms with van der Waals surface area (Å²) in [6.45, 7) is 3.05. The Kier molecular flexibility index (Phi) is 4.73. The fourth-order valence-corrected chi connectivity index (χ4v) is 4.61. The summed E-state index contributed by atoms with van der Waals surface area (Å²) in [7, 11) is 0. The second-order valence-electron chi connectivity index (χ2n) is 7.51. The lowest BCUT2D eigenvalue weighted by Gasteiger charge is -2.38.